The Morgan fingerprint density at radius 2 is 2.09 bits per heavy atom. The highest BCUT2D eigenvalue weighted by Crippen LogP contribution is 2.14. The number of hydrogen-bond acceptors (Lipinski definition) is 4. The van der Waals surface area contributed by atoms with Gasteiger partial charge in [-0.3, -0.25) is 19.5 Å². The summed E-state index contributed by atoms with van der Waals surface area (Å²) in [5.41, 5.74) is 0.525. The summed E-state index contributed by atoms with van der Waals surface area (Å²) in [6.45, 7) is 1.82. The monoisotopic (exact) mass is 304 g/mol. The van der Waals surface area contributed by atoms with Crippen LogP contribution >= 0.6 is 0 Å². The number of carbonyl (C=O) groups is 2. The Morgan fingerprint density at radius 1 is 1.27 bits per heavy atom. The third-order valence-corrected chi connectivity index (χ3v) is 3.96. The largest absolute Gasteiger partial charge is 0.353 e. The van der Waals surface area contributed by atoms with Crippen LogP contribution in [0.1, 0.15) is 36.0 Å². The van der Waals surface area contributed by atoms with Gasteiger partial charge in [0.2, 0.25) is 5.91 Å². The van der Waals surface area contributed by atoms with E-state index in [2.05, 4.69) is 20.5 Å². The molecule has 0 bridgehead atoms. The third-order valence-electron chi connectivity index (χ3n) is 3.96. The van der Waals surface area contributed by atoms with Gasteiger partial charge in [-0.25, -0.2) is 0 Å². The van der Waals surface area contributed by atoms with Crippen LogP contribution in [0.15, 0.2) is 24.5 Å². The lowest BCUT2D eigenvalue weighted by Crippen LogP contribution is -2.46. The molecule has 1 saturated heterocycles. The van der Waals surface area contributed by atoms with E-state index >= 15 is 0 Å². The van der Waals surface area contributed by atoms with E-state index in [1.165, 1.54) is 12.6 Å². The second-order valence-electron chi connectivity index (χ2n) is 5.63. The summed E-state index contributed by atoms with van der Waals surface area (Å²) >= 11 is 0. The molecule has 1 aliphatic heterocycles. The molecule has 120 valence electrons. The fraction of sp³-hybridized carbons (Fsp3) is 0.562. The molecule has 1 aromatic heterocycles. The smallest absolute Gasteiger partial charge is 0.252 e. The maximum atomic E-state index is 12.2. The zero-order valence-corrected chi connectivity index (χ0v) is 13.0. The molecule has 2 heterocycles. The van der Waals surface area contributed by atoms with Crippen LogP contribution in [0.3, 0.4) is 0 Å². The molecule has 2 rings (SSSR count). The maximum Gasteiger partial charge on any atom is 0.252 e. The molecule has 0 spiro atoms. The number of rotatable bonds is 5. The Labute approximate surface area is 131 Å². The molecule has 6 heteroatoms. The van der Waals surface area contributed by atoms with Crippen LogP contribution in [0.4, 0.5) is 0 Å². The number of aromatic nitrogens is 1. The SMILES string of the molecule is CN1CCCCC[C@@H]1C(=O)NCCNC(=O)c1cccnc1. The van der Waals surface area contributed by atoms with Crippen LogP contribution in [0, 0.1) is 0 Å². The lowest BCUT2D eigenvalue weighted by atomic mass is 10.1. The van der Waals surface area contributed by atoms with Crippen molar-refractivity contribution in [3.8, 4) is 0 Å². The molecule has 0 saturated carbocycles. The van der Waals surface area contributed by atoms with Crippen LogP contribution in [-0.4, -0.2) is 54.4 Å². The Hall–Kier alpha value is -1.95. The number of likely N-dealkylation sites (tertiary alicyclic amines) is 1. The van der Waals surface area contributed by atoms with Crippen LogP contribution in [0.2, 0.25) is 0 Å². The first-order chi connectivity index (χ1) is 10.7. The number of likely N-dealkylation sites (N-methyl/N-ethyl adjacent to an activating group) is 1. The minimum absolute atomic E-state index is 0.0449. The third kappa shape index (κ3) is 4.80. The summed E-state index contributed by atoms with van der Waals surface area (Å²) in [5, 5.41) is 5.68. The number of nitrogens with one attached hydrogen (secondary N) is 2. The van der Waals surface area contributed by atoms with Gasteiger partial charge in [0, 0.05) is 25.5 Å². The molecule has 0 aliphatic carbocycles. The van der Waals surface area contributed by atoms with Gasteiger partial charge in [-0.05, 0) is 38.6 Å². The molecular weight excluding hydrogens is 280 g/mol. The van der Waals surface area contributed by atoms with E-state index in [1.54, 1.807) is 18.3 Å². The second kappa shape index (κ2) is 8.48. The van der Waals surface area contributed by atoms with Gasteiger partial charge in [-0.1, -0.05) is 12.8 Å². The standard InChI is InChI=1S/C16H24N4O2/c1-20-11-4-2-3-7-14(20)16(22)19-10-9-18-15(21)13-6-5-8-17-12-13/h5-6,8,12,14H,2-4,7,9-11H2,1H3,(H,18,21)(H,19,22)/t14-/m1/s1. The molecule has 1 aliphatic rings. The van der Waals surface area contributed by atoms with E-state index in [4.69, 9.17) is 0 Å². The molecule has 2 amide bonds. The Bertz CT molecular complexity index is 492. The van der Waals surface area contributed by atoms with Crippen molar-refractivity contribution in [2.45, 2.75) is 31.7 Å². The Morgan fingerprint density at radius 3 is 2.86 bits per heavy atom. The molecule has 1 atom stereocenters. The highest BCUT2D eigenvalue weighted by molar-refractivity contribution is 5.93. The molecule has 1 fully saturated rings. The number of pyridine rings is 1. The second-order valence-corrected chi connectivity index (χ2v) is 5.63. The molecule has 22 heavy (non-hydrogen) atoms. The predicted molar refractivity (Wildman–Crippen MR) is 84.5 cm³/mol. The number of hydrogen-bond donors (Lipinski definition) is 2. The molecule has 0 aromatic carbocycles. The van der Waals surface area contributed by atoms with Crippen molar-refractivity contribution < 1.29 is 9.59 Å². The van der Waals surface area contributed by atoms with Crippen molar-refractivity contribution in [1.29, 1.82) is 0 Å². The fourth-order valence-electron chi connectivity index (χ4n) is 2.66. The maximum absolute atomic E-state index is 12.2. The van der Waals surface area contributed by atoms with Crippen molar-refractivity contribution >= 4 is 11.8 Å². The summed E-state index contributed by atoms with van der Waals surface area (Å²) < 4.78 is 0. The van der Waals surface area contributed by atoms with Gasteiger partial charge >= 0.3 is 0 Å². The summed E-state index contributed by atoms with van der Waals surface area (Å²) in [5.74, 6) is -0.117. The Balaban J connectivity index is 1.69. The number of nitrogens with zero attached hydrogens (tertiary/aromatic N) is 2. The lowest BCUT2D eigenvalue weighted by molar-refractivity contribution is -0.126. The normalized spacial score (nSPS) is 19.2. The van der Waals surface area contributed by atoms with Crippen molar-refractivity contribution in [1.82, 2.24) is 20.5 Å². The highest BCUT2D eigenvalue weighted by atomic mass is 16.2. The van der Waals surface area contributed by atoms with E-state index in [0.29, 0.717) is 18.7 Å². The van der Waals surface area contributed by atoms with Gasteiger partial charge in [0.05, 0.1) is 11.6 Å². The van der Waals surface area contributed by atoms with E-state index in [-0.39, 0.29) is 17.9 Å². The average Bonchev–Trinajstić information content (AvgIpc) is 2.76. The number of amides is 2. The van der Waals surface area contributed by atoms with Gasteiger partial charge in [0.15, 0.2) is 0 Å². The molecular formula is C16H24N4O2. The lowest BCUT2D eigenvalue weighted by Gasteiger charge is -2.24. The molecule has 6 nitrogen and oxygen atoms in total. The fourth-order valence-corrected chi connectivity index (χ4v) is 2.66. The van der Waals surface area contributed by atoms with Gasteiger partial charge in [0.25, 0.3) is 5.91 Å². The summed E-state index contributed by atoms with van der Waals surface area (Å²) in [7, 11) is 2.00. The first-order valence-corrected chi connectivity index (χ1v) is 7.84. The Kier molecular flexibility index (Phi) is 6.33. The minimum Gasteiger partial charge on any atom is -0.353 e. The first kappa shape index (κ1) is 16.4. The van der Waals surface area contributed by atoms with Gasteiger partial charge in [-0.2, -0.15) is 0 Å². The summed E-state index contributed by atoms with van der Waals surface area (Å²) in [6.07, 6.45) is 7.50. The van der Waals surface area contributed by atoms with E-state index in [0.717, 1.165) is 25.8 Å². The summed E-state index contributed by atoms with van der Waals surface area (Å²) in [4.78, 5) is 30.0. The van der Waals surface area contributed by atoms with Crippen molar-refractivity contribution in [3.63, 3.8) is 0 Å². The molecule has 0 unspecified atom stereocenters. The van der Waals surface area contributed by atoms with Crippen molar-refractivity contribution in [2.24, 2.45) is 0 Å². The van der Waals surface area contributed by atoms with Gasteiger partial charge in [-0.15, -0.1) is 0 Å². The van der Waals surface area contributed by atoms with Crippen molar-refractivity contribution in [2.75, 3.05) is 26.7 Å². The van der Waals surface area contributed by atoms with Crippen LogP contribution in [-0.2, 0) is 4.79 Å². The van der Waals surface area contributed by atoms with E-state index in [9.17, 15) is 9.59 Å². The quantitative estimate of drug-likeness (QED) is 0.789. The summed E-state index contributed by atoms with van der Waals surface area (Å²) in [6, 6.07) is 3.39. The van der Waals surface area contributed by atoms with E-state index in [1.807, 2.05) is 7.05 Å². The van der Waals surface area contributed by atoms with Crippen LogP contribution in [0.25, 0.3) is 0 Å². The van der Waals surface area contributed by atoms with Crippen LogP contribution < -0.4 is 10.6 Å². The first-order valence-electron chi connectivity index (χ1n) is 7.84. The topological polar surface area (TPSA) is 74.3 Å². The molecule has 1 aromatic rings. The average molecular weight is 304 g/mol. The van der Waals surface area contributed by atoms with Crippen LogP contribution in [0.5, 0.6) is 0 Å². The minimum atomic E-state index is -0.172. The van der Waals surface area contributed by atoms with E-state index < -0.39 is 0 Å². The zero-order valence-electron chi connectivity index (χ0n) is 13.0. The van der Waals surface area contributed by atoms with Gasteiger partial charge < -0.3 is 10.6 Å². The molecule has 2 N–H and O–H groups in total. The number of carbonyl (C=O) groups excluding carboxylic acids is 2. The molecule has 0 radical (unpaired) electrons. The zero-order chi connectivity index (χ0) is 15.8. The van der Waals surface area contributed by atoms with Crippen molar-refractivity contribution in [3.05, 3.63) is 30.1 Å². The highest BCUT2D eigenvalue weighted by Gasteiger charge is 2.24. The predicted octanol–water partition coefficient (Wildman–Crippen LogP) is 0.802. The van der Waals surface area contributed by atoms with Gasteiger partial charge in [0.1, 0.15) is 0 Å².